The first-order chi connectivity index (χ1) is 6.81. The second kappa shape index (κ2) is 6.11. The summed E-state index contributed by atoms with van der Waals surface area (Å²) in [5.41, 5.74) is 0.140. The molecule has 0 aromatic heterocycles. The Morgan fingerprint density at radius 1 is 1.40 bits per heavy atom. The minimum Gasteiger partial charge on any atom is -0.480 e. The van der Waals surface area contributed by atoms with Gasteiger partial charge >= 0.3 is 5.97 Å². The van der Waals surface area contributed by atoms with Gasteiger partial charge in [-0.2, -0.15) is 0 Å². The smallest absolute Gasteiger partial charge is 0.320 e. The number of carboxylic acid groups (broad SMARTS) is 1. The van der Waals surface area contributed by atoms with Gasteiger partial charge in [-0.15, -0.1) is 0 Å². The Balaban J connectivity index is 4.15. The third-order valence-electron chi connectivity index (χ3n) is 3.24. The third-order valence-corrected chi connectivity index (χ3v) is 3.24. The van der Waals surface area contributed by atoms with Crippen LogP contribution in [0.15, 0.2) is 0 Å². The molecule has 15 heavy (non-hydrogen) atoms. The fourth-order valence-corrected chi connectivity index (χ4v) is 1.19. The summed E-state index contributed by atoms with van der Waals surface area (Å²) in [4.78, 5) is 10.9. The van der Waals surface area contributed by atoms with Gasteiger partial charge in [0.1, 0.15) is 6.04 Å². The Morgan fingerprint density at radius 2 is 1.93 bits per heavy atom. The largest absolute Gasteiger partial charge is 0.480 e. The molecule has 0 aliphatic carbocycles. The fraction of sp³-hybridized carbons (Fsp3) is 0.917. The average molecular weight is 215 g/mol. The van der Waals surface area contributed by atoms with E-state index in [9.17, 15) is 4.79 Å². The van der Waals surface area contributed by atoms with Crippen molar-refractivity contribution in [1.29, 1.82) is 0 Å². The molecule has 0 spiro atoms. The lowest BCUT2D eigenvalue weighted by Crippen LogP contribution is -2.43. The maximum Gasteiger partial charge on any atom is 0.320 e. The molecule has 3 nitrogen and oxygen atoms in total. The van der Waals surface area contributed by atoms with Crippen LogP contribution in [0.25, 0.3) is 0 Å². The van der Waals surface area contributed by atoms with Crippen molar-refractivity contribution in [1.82, 2.24) is 5.32 Å². The zero-order valence-corrected chi connectivity index (χ0v) is 10.6. The standard InChI is InChI=1S/C12H25NO2/c1-6-7-10(11(14)15)13-8-12(4,5)9(2)3/h9-10,13H,6-8H2,1-5H3,(H,14,15). The first-order valence-electron chi connectivity index (χ1n) is 5.77. The molecule has 0 aromatic rings. The van der Waals surface area contributed by atoms with Gasteiger partial charge in [0, 0.05) is 6.54 Å². The minimum absolute atomic E-state index is 0.140. The second-order valence-electron chi connectivity index (χ2n) is 5.20. The average Bonchev–Trinajstić information content (AvgIpc) is 2.11. The Bertz CT molecular complexity index is 200. The first kappa shape index (κ1) is 14.4. The Hall–Kier alpha value is -0.570. The molecule has 0 aliphatic rings. The topological polar surface area (TPSA) is 49.3 Å². The van der Waals surface area contributed by atoms with Crippen molar-refractivity contribution >= 4 is 5.97 Å². The first-order valence-corrected chi connectivity index (χ1v) is 5.77. The van der Waals surface area contributed by atoms with Gasteiger partial charge < -0.3 is 10.4 Å². The van der Waals surface area contributed by atoms with Crippen LogP contribution in [-0.2, 0) is 4.79 Å². The van der Waals surface area contributed by atoms with Gasteiger partial charge in [-0.05, 0) is 17.8 Å². The quantitative estimate of drug-likeness (QED) is 0.686. The van der Waals surface area contributed by atoms with Crippen LogP contribution in [0.1, 0.15) is 47.5 Å². The third kappa shape index (κ3) is 5.17. The number of aliphatic carboxylic acids is 1. The zero-order valence-electron chi connectivity index (χ0n) is 10.6. The molecule has 0 heterocycles. The van der Waals surface area contributed by atoms with Crippen LogP contribution < -0.4 is 5.32 Å². The maximum atomic E-state index is 10.9. The van der Waals surface area contributed by atoms with Crippen LogP contribution in [0.4, 0.5) is 0 Å². The highest BCUT2D eigenvalue weighted by Gasteiger charge is 2.25. The van der Waals surface area contributed by atoms with Crippen LogP contribution in [0.2, 0.25) is 0 Å². The van der Waals surface area contributed by atoms with Crippen LogP contribution in [0.3, 0.4) is 0 Å². The number of nitrogens with one attached hydrogen (secondary N) is 1. The van der Waals surface area contributed by atoms with E-state index in [2.05, 4.69) is 33.0 Å². The summed E-state index contributed by atoms with van der Waals surface area (Å²) in [5, 5.41) is 12.1. The molecular weight excluding hydrogens is 190 g/mol. The molecule has 90 valence electrons. The molecule has 1 unspecified atom stereocenters. The summed E-state index contributed by atoms with van der Waals surface area (Å²) < 4.78 is 0. The summed E-state index contributed by atoms with van der Waals surface area (Å²) >= 11 is 0. The van der Waals surface area contributed by atoms with Crippen molar-refractivity contribution in [3.05, 3.63) is 0 Å². The lowest BCUT2D eigenvalue weighted by molar-refractivity contribution is -0.139. The number of carboxylic acids is 1. The Labute approximate surface area is 93.3 Å². The Kier molecular flexibility index (Phi) is 5.88. The van der Waals surface area contributed by atoms with E-state index in [0.717, 1.165) is 13.0 Å². The van der Waals surface area contributed by atoms with E-state index < -0.39 is 12.0 Å². The van der Waals surface area contributed by atoms with E-state index >= 15 is 0 Å². The molecule has 0 rings (SSSR count). The summed E-state index contributed by atoms with van der Waals surface area (Å²) in [7, 11) is 0. The van der Waals surface area contributed by atoms with Crippen molar-refractivity contribution < 1.29 is 9.90 Å². The number of carbonyl (C=O) groups is 1. The highest BCUT2D eigenvalue weighted by Crippen LogP contribution is 2.24. The zero-order chi connectivity index (χ0) is 12.1. The van der Waals surface area contributed by atoms with Gasteiger partial charge in [0.25, 0.3) is 0 Å². The van der Waals surface area contributed by atoms with Crippen molar-refractivity contribution in [2.24, 2.45) is 11.3 Å². The van der Waals surface area contributed by atoms with Crippen molar-refractivity contribution in [2.45, 2.75) is 53.5 Å². The minimum atomic E-state index is -0.739. The molecule has 3 heteroatoms. The predicted octanol–water partition coefficient (Wildman–Crippen LogP) is 2.51. The molecule has 0 radical (unpaired) electrons. The van der Waals surface area contributed by atoms with Crippen molar-refractivity contribution in [2.75, 3.05) is 6.54 Å². The number of hydrogen-bond donors (Lipinski definition) is 2. The molecule has 0 amide bonds. The molecule has 0 saturated carbocycles. The normalized spacial score (nSPS) is 14.3. The second-order valence-corrected chi connectivity index (χ2v) is 5.20. The fourth-order valence-electron chi connectivity index (χ4n) is 1.19. The van der Waals surface area contributed by atoms with Crippen LogP contribution in [0.5, 0.6) is 0 Å². The summed E-state index contributed by atoms with van der Waals surface area (Å²) in [6.07, 6.45) is 1.59. The predicted molar refractivity (Wildman–Crippen MR) is 63.0 cm³/mol. The molecule has 0 aromatic carbocycles. The summed E-state index contributed by atoms with van der Waals surface area (Å²) in [6.45, 7) is 11.4. The summed E-state index contributed by atoms with van der Waals surface area (Å²) in [6, 6.07) is -0.395. The van der Waals surface area contributed by atoms with Gasteiger partial charge in [0.05, 0.1) is 0 Å². The SMILES string of the molecule is CCCC(NCC(C)(C)C(C)C)C(=O)O. The van der Waals surface area contributed by atoms with Crippen molar-refractivity contribution in [3.63, 3.8) is 0 Å². The molecule has 0 saturated heterocycles. The van der Waals surface area contributed by atoms with Gasteiger partial charge in [-0.3, -0.25) is 4.79 Å². The van der Waals surface area contributed by atoms with E-state index in [-0.39, 0.29) is 5.41 Å². The highest BCUT2D eigenvalue weighted by atomic mass is 16.4. The van der Waals surface area contributed by atoms with Gasteiger partial charge in [0.2, 0.25) is 0 Å². The molecule has 0 aliphatic heterocycles. The number of hydrogen-bond acceptors (Lipinski definition) is 2. The van der Waals surface area contributed by atoms with Gasteiger partial charge in [-0.25, -0.2) is 0 Å². The summed E-state index contributed by atoms with van der Waals surface area (Å²) in [5.74, 6) is -0.197. The Morgan fingerprint density at radius 3 is 2.27 bits per heavy atom. The van der Waals surface area contributed by atoms with Gasteiger partial charge in [0.15, 0.2) is 0 Å². The van der Waals surface area contributed by atoms with Crippen LogP contribution in [0, 0.1) is 11.3 Å². The molecule has 0 bridgehead atoms. The highest BCUT2D eigenvalue weighted by molar-refractivity contribution is 5.73. The van der Waals surface area contributed by atoms with Crippen LogP contribution in [-0.4, -0.2) is 23.7 Å². The van der Waals surface area contributed by atoms with E-state index in [1.165, 1.54) is 0 Å². The number of rotatable bonds is 7. The monoisotopic (exact) mass is 215 g/mol. The molecule has 1 atom stereocenters. The molecule has 2 N–H and O–H groups in total. The van der Waals surface area contributed by atoms with E-state index in [0.29, 0.717) is 12.3 Å². The van der Waals surface area contributed by atoms with E-state index in [1.54, 1.807) is 0 Å². The van der Waals surface area contributed by atoms with Crippen LogP contribution >= 0.6 is 0 Å². The van der Waals surface area contributed by atoms with Gasteiger partial charge in [-0.1, -0.05) is 41.0 Å². The van der Waals surface area contributed by atoms with E-state index in [1.807, 2.05) is 6.92 Å². The maximum absolute atomic E-state index is 10.9. The molecular formula is C12H25NO2. The van der Waals surface area contributed by atoms with E-state index in [4.69, 9.17) is 5.11 Å². The lowest BCUT2D eigenvalue weighted by atomic mass is 9.81. The lowest BCUT2D eigenvalue weighted by Gasteiger charge is -2.31. The van der Waals surface area contributed by atoms with Crippen molar-refractivity contribution in [3.8, 4) is 0 Å². The molecule has 0 fully saturated rings.